The fourth-order valence-corrected chi connectivity index (χ4v) is 2.23. The Balaban J connectivity index is 1.52. The minimum atomic E-state index is -0.746. The van der Waals surface area contributed by atoms with Crippen LogP contribution in [0.1, 0.15) is 6.42 Å². The summed E-state index contributed by atoms with van der Waals surface area (Å²) in [5, 5.41) is 13.1. The molecule has 126 valence electrons. The Hall–Kier alpha value is -3.17. The molecule has 0 aliphatic carbocycles. The predicted octanol–water partition coefficient (Wildman–Crippen LogP) is 2.33. The molecule has 0 bridgehead atoms. The van der Waals surface area contributed by atoms with Crippen LogP contribution in [-0.4, -0.2) is 33.3 Å². The molecule has 0 saturated heterocycles. The first-order valence-electron chi connectivity index (χ1n) is 7.09. The van der Waals surface area contributed by atoms with Gasteiger partial charge in [0.1, 0.15) is 24.7 Å². The zero-order chi connectivity index (χ0) is 17.1. The first-order chi connectivity index (χ1) is 11.5. The van der Waals surface area contributed by atoms with Gasteiger partial charge < -0.3 is 19.6 Å². The molecule has 0 saturated carbocycles. The summed E-state index contributed by atoms with van der Waals surface area (Å²) in [5.41, 5.74) is 0.274. The van der Waals surface area contributed by atoms with Gasteiger partial charge in [0.05, 0.1) is 0 Å². The number of benzene rings is 1. The second-order valence-electron chi connectivity index (χ2n) is 5.09. The molecule has 1 atom stereocenters. The number of carbonyl (C=O) groups excluding carboxylic acids is 1. The summed E-state index contributed by atoms with van der Waals surface area (Å²) in [4.78, 5) is 25.5. The number of ether oxygens (including phenoxy) is 2. The summed E-state index contributed by atoms with van der Waals surface area (Å²) in [7, 11) is 0. The van der Waals surface area contributed by atoms with Crippen LogP contribution in [0.2, 0.25) is 0 Å². The van der Waals surface area contributed by atoms with Gasteiger partial charge in [0.2, 0.25) is 0 Å². The monoisotopic (exact) mass is 336 g/mol. The van der Waals surface area contributed by atoms with Gasteiger partial charge in [0.15, 0.2) is 0 Å². The number of anilines is 1. The molecule has 0 radical (unpaired) electrons. The summed E-state index contributed by atoms with van der Waals surface area (Å²) < 4.78 is 25.0. The van der Waals surface area contributed by atoms with Gasteiger partial charge in [0, 0.05) is 23.6 Å². The third kappa shape index (κ3) is 3.59. The van der Waals surface area contributed by atoms with E-state index in [0.29, 0.717) is 13.0 Å². The Morgan fingerprint density at radius 3 is 3.17 bits per heavy atom. The fraction of sp³-hybridized carbons (Fsp3) is 0.286. The summed E-state index contributed by atoms with van der Waals surface area (Å²) in [6.07, 6.45) is 0.596. The normalized spacial score (nSPS) is 16.0. The topological polar surface area (TPSA) is 109 Å². The molecule has 3 rings (SSSR count). The number of nitrogens with zero attached hydrogens (tertiary/aromatic N) is 3. The van der Waals surface area contributed by atoms with Crippen molar-refractivity contribution >= 4 is 17.6 Å². The van der Waals surface area contributed by atoms with Crippen molar-refractivity contribution in [3.05, 3.63) is 46.4 Å². The standard InChI is InChI=1S/C14H13FN4O5/c15-9-2-1-3-10(6-9)16-14(20)23-8-11-4-5-18-7-12(19(21)22)17-13(18)24-11/h1-3,6-7,11H,4-5,8H2,(H,16,20)/t11-/m1/s1. The Morgan fingerprint density at radius 1 is 1.58 bits per heavy atom. The quantitative estimate of drug-likeness (QED) is 0.678. The second kappa shape index (κ2) is 6.52. The SMILES string of the molecule is O=C(Nc1cccc(F)c1)OC[C@H]1CCn2cc([N+](=O)[O-])nc2O1. The lowest BCUT2D eigenvalue weighted by atomic mass is 10.2. The van der Waals surface area contributed by atoms with Crippen LogP contribution < -0.4 is 10.1 Å². The number of nitro groups is 1. The fourth-order valence-electron chi connectivity index (χ4n) is 2.23. The van der Waals surface area contributed by atoms with Crippen molar-refractivity contribution in [3.8, 4) is 6.01 Å². The Kier molecular flexibility index (Phi) is 4.27. The maximum absolute atomic E-state index is 13.0. The minimum Gasteiger partial charge on any atom is -0.445 e. The van der Waals surface area contributed by atoms with E-state index in [0.717, 1.165) is 6.07 Å². The lowest BCUT2D eigenvalue weighted by Crippen LogP contribution is -2.32. The smallest absolute Gasteiger partial charge is 0.414 e. The number of hydrogen-bond acceptors (Lipinski definition) is 6. The van der Waals surface area contributed by atoms with E-state index >= 15 is 0 Å². The molecule has 0 spiro atoms. The van der Waals surface area contributed by atoms with Gasteiger partial charge in [-0.3, -0.25) is 9.88 Å². The largest absolute Gasteiger partial charge is 0.445 e. The van der Waals surface area contributed by atoms with Crippen LogP contribution in [0.15, 0.2) is 30.5 Å². The highest BCUT2D eigenvalue weighted by molar-refractivity contribution is 5.84. The van der Waals surface area contributed by atoms with E-state index in [4.69, 9.17) is 9.47 Å². The molecule has 1 N–H and O–H groups in total. The van der Waals surface area contributed by atoms with Gasteiger partial charge in [-0.15, -0.1) is 0 Å². The molecule has 1 amide bonds. The van der Waals surface area contributed by atoms with Crippen molar-refractivity contribution in [1.82, 2.24) is 9.55 Å². The number of aryl methyl sites for hydroxylation is 1. The molecule has 1 aromatic carbocycles. The summed E-state index contributed by atoms with van der Waals surface area (Å²) in [6, 6.07) is 5.52. The molecular formula is C14H13FN4O5. The Bertz CT molecular complexity index is 778. The summed E-state index contributed by atoms with van der Waals surface area (Å²) in [6.45, 7) is 0.414. The van der Waals surface area contributed by atoms with E-state index in [-0.39, 0.29) is 24.1 Å². The van der Waals surface area contributed by atoms with E-state index in [1.54, 1.807) is 0 Å². The van der Waals surface area contributed by atoms with Gasteiger partial charge in [-0.1, -0.05) is 6.07 Å². The number of carbonyl (C=O) groups is 1. The third-order valence-corrected chi connectivity index (χ3v) is 3.35. The number of imidazole rings is 1. The van der Waals surface area contributed by atoms with Gasteiger partial charge in [-0.05, 0) is 23.1 Å². The molecule has 1 aromatic heterocycles. The maximum atomic E-state index is 13.0. The summed E-state index contributed by atoms with van der Waals surface area (Å²) in [5.74, 6) is -0.771. The van der Waals surface area contributed by atoms with Crippen LogP contribution in [0.4, 0.5) is 20.7 Å². The predicted molar refractivity (Wildman–Crippen MR) is 79.3 cm³/mol. The summed E-state index contributed by atoms with van der Waals surface area (Å²) >= 11 is 0. The highest BCUT2D eigenvalue weighted by Gasteiger charge is 2.28. The third-order valence-electron chi connectivity index (χ3n) is 3.35. The lowest BCUT2D eigenvalue weighted by molar-refractivity contribution is -0.389. The number of fused-ring (bicyclic) bond motifs is 1. The van der Waals surface area contributed by atoms with E-state index in [1.807, 2.05) is 0 Å². The van der Waals surface area contributed by atoms with E-state index in [2.05, 4.69) is 10.3 Å². The van der Waals surface area contributed by atoms with Gasteiger partial charge in [-0.25, -0.2) is 9.18 Å². The molecule has 0 fully saturated rings. The first-order valence-corrected chi connectivity index (χ1v) is 7.09. The molecule has 1 aliphatic rings. The number of aromatic nitrogens is 2. The van der Waals surface area contributed by atoms with Gasteiger partial charge in [0.25, 0.3) is 0 Å². The van der Waals surface area contributed by atoms with Crippen molar-refractivity contribution in [2.75, 3.05) is 11.9 Å². The molecular weight excluding hydrogens is 323 g/mol. The van der Waals surface area contributed by atoms with Crippen molar-refractivity contribution in [2.45, 2.75) is 19.1 Å². The molecule has 2 aromatic rings. The molecule has 24 heavy (non-hydrogen) atoms. The number of nitrogens with one attached hydrogen (secondary N) is 1. The highest BCUT2D eigenvalue weighted by atomic mass is 19.1. The van der Waals surface area contributed by atoms with Crippen LogP contribution in [0.25, 0.3) is 0 Å². The van der Waals surface area contributed by atoms with Crippen LogP contribution in [-0.2, 0) is 11.3 Å². The van der Waals surface area contributed by atoms with Crippen LogP contribution >= 0.6 is 0 Å². The Morgan fingerprint density at radius 2 is 2.42 bits per heavy atom. The van der Waals surface area contributed by atoms with Crippen molar-refractivity contribution in [3.63, 3.8) is 0 Å². The van der Waals surface area contributed by atoms with Crippen LogP contribution in [0, 0.1) is 15.9 Å². The molecule has 10 heteroatoms. The lowest BCUT2D eigenvalue weighted by Gasteiger charge is -2.21. The number of hydrogen-bond donors (Lipinski definition) is 1. The molecule has 1 aliphatic heterocycles. The molecule has 9 nitrogen and oxygen atoms in total. The van der Waals surface area contributed by atoms with E-state index in [1.165, 1.54) is 29.0 Å². The van der Waals surface area contributed by atoms with E-state index in [9.17, 15) is 19.3 Å². The van der Waals surface area contributed by atoms with E-state index < -0.39 is 22.9 Å². The van der Waals surface area contributed by atoms with Crippen molar-refractivity contribution in [2.24, 2.45) is 0 Å². The number of amides is 1. The number of halogens is 1. The minimum absolute atomic E-state index is 0.0538. The highest BCUT2D eigenvalue weighted by Crippen LogP contribution is 2.24. The molecule has 0 unspecified atom stereocenters. The zero-order valence-corrected chi connectivity index (χ0v) is 12.3. The van der Waals surface area contributed by atoms with Crippen LogP contribution in [0.3, 0.4) is 0 Å². The maximum Gasteiger partial charge on any atom is 0.414 e. The first kappa shape index (κ1) is 15.7. The average Bonchev–Trinajstić information content (AvgIpc) is 2.96. The number of rotatable bonds is 4. The van der Waals surface area contributed by atoms with Gasteiger partial charge >= 0.3 is 17.9 Å². The van der Waals surface area contributed by atoms with Crippen molar-refractivity contribution < 1.29 is 23.6 Å². The molecule has 2 heterocycles. The second-order valence-corrected chi connectivity index (χ2v) is 5.09. The van der Waals surface area contributed by atoms with Gasteiger partial charge in [-0.2, -0.15) is 0 Å². The van der Waals surface area contributed by atoms with Crippen molar-refractivity contribution in [1.29, 1.82) is 0 Å². The Labute approximate surface area is 135 Å². The van der Waals surface area contributed by atoms with Crippen LogP contribution in [0.5, 0.6) is 6.01 Å². The average molecular weight is 336 g/mol. The zero-order valence-electron chi connectivity index (χ0n) is 12.3.